The van der Waals surface area contributed by atoms with E-state index in [0.29, 0.717) is 18.3 Å². The molecular formula is C36H56O9. The standard InChI is InChI=1S/C36H56O9/c1-31(2)14-16-36(30(42)43)17-15-34(6)19(20(36)18-31)8-9-22-33(5)12-11-23(32(3,4)21(33)10-13-35(22,34)7)44-29-26(39)24(37)25(38)27(45-29)28(40)41/h8,20-27,29,37-39H,9-18H2,1-7H3,(H,40,41)(H,42,43)/t20?,21?,22?,23?,24?,25?,26?,27?,29?,33-,34+,35+,36-/m0/s1. The average Bonchev–Trinajstić information content (AvgIpc) is 2.94. The van der Waals surface area contributed by atoms with Crippen LogP contribution in [0.25, 0.3) is 0 Å². The van der Waals surface area contributed by atoms with Gasteiger partial charge in [-0.05, 0) is 109 Å². The summed E-state index contributed by atoms with van der Waals surface area (Å²) in [5.74, 6) is -1.24. The van der Waals surface area contributed by atoms with Crippen molar-refractivity contribution in [3.8, 4) is 0 Å². The van der Waals surface area contributed by atoms with Gasteiger partial charge in [-0.1, -0.05) is 60.1 Å². The molecule has 0 amide bonds. The summed E-state index contributed by atoms with van der Waals surface area (Å²) in [7, 11) is 0. The van der Waals surface area contributed by atoms with Gasteiger partial charge in [0.15, 0.2) is 12.4 Å². The van der Waals surface area contributed by atoms with Crippen LogP contribution in [0.2, 0.25) is 0 Å². The zero-order valence-electron chi connectivity index (χ0n) is 28.2. The number of fused-ring (bicyclic) bond motifs is 7. The molecule has 0 radical (unpaired) electrons. The van der Waals surface area contributed by atoms with Crippen molar-refractivity contribution in [2.45, 2.75) is 149 Å². The predicted molar refractivity (Wildman–Crippen MR) is 166 cm³/mol. The van der Waals surface area contributed by atoms with Crippen molar-refractivity contribution in [2.75, 3.05) is 0 Å². The highest BCUT2D eigenvalue weighted by atomic mass is 16.7. The number of ether oxygens (including phenoxy) is 2. The van der Waals surface area contributed by atoms with E-state index in [1.165, 1.54) is 5.57 Å². The quantitative estimate of drug-likeness (QED) is 0.209. The minimum absolute atomic E-state index is 0.0000841. The maximum atomic E-state index is 12.9. The second kappa shape index (κ2) is 10.5. The fourth-order valence-corrected chi connectivity index (χ4v) is 12.2. The molecule has 45 heavy (non-hydrogen) atoms. The highest BCUT2D eigenvalue weighted by Crippen LogP contribution is 2.76. The third-order valence-corrected chi connectivity index (χ3v) is 15.1. The van der Waals surface area contributed by atoms with E-state index in [4.69, 9.17) is 9.47 Å². The summed E-state index contributed by atoms with van der Waals surface area (Å²) in [5.41, 5.74) is 0.508. The first kappa shape index (κ1) is 33.4. The van der Waals surface area contributed by atoms with E-state index in [0.717, 1.165) is 57.8 Å². The Bertz CT molecular complexity index is 1260. The maximum absolute atomic E-state index is 12.9. The normalized spacial score (nSPS) is 51.9. The van der Waals surface area contributed by atoms with Gasteiger partial charge in [0.1, 0.15) is 18.3 Å². The number of hydrogen-bond donors (Lipinski definition) is 5. The number of hydrogen-bond acceptors (Lipinski definition) is 7. The summed E-state index contributed by atoms with van der Waals surface area (Å²) < 4.78 is 11.9. The number of rotatable bonds is 4. The van der Waals surface area contributed by atoms with Crippen LogP contribution in [0.1, 0.15) is 113 Å². The van der Waals surface area contributed by atoms with Crippen molar-refractivity contribution in [1.29, 1.82) is 0 Å². The topological polar surface area (TPSA) is 154 Å². The molecular weight excluding hydrogens is 576 g/mol. The van der Waals surface area contributed by atoms with Gasteiger partial charge in [0.05, 0.1) is 11.5 Å². The SMILES string of the molecule is CC1(C)CC[C@]2(C(=O)O)CC[C@]3(C)C(=CCC4[C@@]5(C)CCC(OC6OC(C(=O)O)C(O)C(O)C6O)C(C)(C)C5CC[C@]43C)C2C1. The summed E-state index contributed by atoms with van der Waals surface area (Å²) in [4.78, 5) is 24.6. The Balaban J connectivity index is 1.29. The van der Waals surface area contributed by atoms with Crippen molar-refractivity contribution in [3.05, 3.63) is 11.6 Å². The van der Waals surface area contributed by atoms with Crippen molar-refractivity contribution in [1.82, 2.24) is 0 Å². The molecule has 1 aliphatic heterocycles. The van der Waals surface area contributed by atoms with Gasteiger partial charge >= 0.3 is 11.9 Å². The molecule has 0 aromatic heterocycles. The highest BCUT2D eigenvalue weighted by molar-refractivity contribution is 5.76. The summed E-state index contributed by atoms with van der Waals surface area (Å²) >= 11 is 0. The van der Waals surface area contributed by atoms with Crippen LogP contribution in [0.15, 0.2) is 11.6 Å². The largest absolute Gasteiger partial charge is 0.481 e. The third kappa shape index (κ3) is 4.57. The second-order valence-electron chi connectivity index (χ2n) is 17.9. The van der Waals surface area contributed by atoms with Gasteiger partial charge < -0.3 is 35.0 Å². The van der Waals surface area contributed by atoms with E-state index in [9.17, 15) is 35.1 Å². The Morgan fingerprint density at radius 3 is 2.13 bits per heavy atom. The third-order valence-electron chi connectivity index (χ3n) is 15.1. The molecule has 9 unspecified atom stereocenters. The van der Waals surface area contributed by atoms with Gasteiger partial charge in [-0.2, -0.15) is 0 Å². The Hall–Kier alpha value is -1.52. The molecule has 1 saturated heterocycles. The van der Waals surface area contributed by atoms with E-state index < -0.39 is 48.1 Å². The minimum Gasteiger partial charge on any atom is -0.481 e. The lowest BCUT2D eigenvalue weighted by molar-refractivity contribution is -0.324. The fraction of sp³-hybridized carbons (Fsp3) is 0.889. The average molecular weight is 633 g/mol. The number of allylic oxidation sites excluding steroid dienone is 2. The van der Waals surface area contributed by atoms with Crippen molar-refractivity contribution in [2.24, 2.45) is 50.2 Å². The lowest BCUT2D eigenvalue weighted by atomic mass is 9.33. The van der Waals surface area contributed by atoms with Crippen LogP contribution in [0.3, 0.4) is 0 Å². The molecule has 4 saturated carbocycles. The second-order valence-corrected chi connectivity index (χ2v) is 17.9. The van der Waals surface area contributed by atoms with E-state index in [1.807, 2.05) is 0 Å². The molecule has 0 aromatic carbocycles. The molecule has 0 bridgehead atoms. The van der Waals surface area contributed by atoms with Gasteiger partial charge in [0.2, 0.25) is 0 Å². The van der Waals surface area contributed by atoms with Gasteiger partial charge in [0.25, 0.3) is 0 Å². The molecule has 13 atom stereocenters. The Kier molecular flexibility index (Phi) is 7.78. The van der Waals surface area contributed by atoms with E-state index in [2.05, 4.69) is 54.5 Å². The fourth-order valence-electron chi connectivity index (χ4n) is 12.2. The molecule has 0 spiro atoms. The number of aliphatic hydroxyl groups excluding tert-OH is 3. The van der Waals surface area contributed by atoms with Crippen LogP contribution >= 0.6 is 0 Å². The molecule has 0 aromatic rings. The van der Waals surface area contributed by atoms with Crippen LogP contribution in [-0.4, -0.2) is 74.3 Å². The summed E-state index contributed by atoms with van der Waals surface area (Å²) in [6, 6.07) is 0. The zero-order valence-corrected chi connectivity index (χ0v) is 28.2. The van der Waals surface area contributed by atoms with Crippen molar-refractivity contribution >= 4 is 11.9 Å². The lowest BCUT2D eigenvalue weighted by Gasteiger charge is -2.71. The number of carbonyl (C=O) groups is 2. The van der Waals surface area contributed by atoms with E-state index in [-0.39, 0.29) is 39.1 Å². The molecule has 254 valence electrons. The van der Waals surface area contributed by atoms with E-state index in [1.54, 1.807) is 0 Å². The zero-order chi connectivity index (χ0) is 33.1. The molecule has 5 N–H and O–H groups in total. The number of carboxylic acid groups (broad SMARTS) is 2. The lowest BCUT2D eigenvalue weighted by Crippen LogP contribution is -2.66. The summed E-state index contributed by atoms with van der Waals surface area (Å²) in [6.45, 7) is 16.4. The van der Waals surface area contributed by atoms with Gasteiger partial charge in [-0.15, -0.1) is 0 Å². The number of aliphatic hydroxyl groups is 3. The smallest absolute Gasteiger partial charge is 0.335 e. The van der Waals surface area contributed by atoms with Gasteiger partial charge in [-0.3, -0.25) is 4.79 Å². The van der Waals surface area contributed by atoms with Crippen LogP contribution in [0.5, 0.6) is 0 Å². The minimum atomic E-state index is -1.75. The van der Waals surface area contributed by atoms with Crippen LogP contribution in [0.4, 0.5) is 0 Å². The molecule has 5 aliphatic carbocycles. The Labute approximate surface area is 267 Å². The monoisotopic (exact) mass is 632 g/mol. The number of carboxylic acids is 2. The van der Waals surface area contributed by atoms with Crippen molar-refractivity contribution in [3.63, 3.8) is 0 Å². The van der Waals surface area contributed by atoms with Gasteiger partial charge in [0, 0.05) is 0 Å². The molecule has 9 heteroatoms. The molecule has 1 heterocycles. The molecule has 6 aliphatic rings. The first-order chi connectivity index (χ1) is 20.7. The van der Waals surface area contributed by atoms with Crippen LogP contribution in [-0.2, 0) is 19.1 Å². The Morgan fingerprint density at radius 2 is 1.49 bits per heavy atom. The van der Waals surface area contributed by atoms with E-state index >= 15 is 0 Å². The summed E-state index contributed by atoms with van der Waals surface area (Å²) in [5, 5.41) is 51.4. The number of aliphatic carboxylic acids is 2. The Morgan fingerprint density at radius 1 is 0.822 bits per heavy atom. The van der Waals surface area contributed by atoms with Crippen LogP contribution in [0, 0.1) is 50.2 Å². The molecule has 9 nitrogen and oxygen atoms in total. The maximum Gasteiger partial charge on any atom is 0.335 e. The first-order valence-corrected chi connectivity index (χ1v) is 17.3. The molecule has 6 rings (SSSR count). The summed E-state index contributed by atoms with van der Waals surface area (Å²) in [6.07, 6.45) is 2.94. The van der Waals surface area contributed by atoms with Gasteiger partial charge in [-0.25, -0.2) is 4.79 Å². The van der Waals surface area contributed by atoms with Crippen LogP contribution < -0.4 is 0 Å². The first-order valence-electron chi connectivity index (χ1n) is 17.3. The molecule has 5 fully saturated rings. The highest BCUT2D eigenvalue weighted by Gasteiger charge is 2.69. The van der Waals surface area contributed by atoms with Crippen molar-refractivity contribution < 1.29 is 44.6 Å². The predicted octanol–water partition coefficient (Wildman–Crippen LogP) is 5.15.